The van der Waals surface area contributed by atoms with Gasteiger partial charge in [0.15, 0.2) is 0 Å². The Morgan fingerprint density at radius 2 is 2.00 bits per heavy atom. The smallest absolute Gasteiger partial charge is 0.246 e. The van der Waals surface area contributed by atoms with Crippen molar-refractivity contribution in [2.24, 2.45) is 0 Å². The monoisotopic (exact) mass is 281 g/mol. The van der Waals surface area contributed by atoms with Crippen molar-refractivity contribution in [2.75, 3.05) is 24.5 Å². The van der Waals surface area contributed by atoms with Crippen LogP contribution in [0, 0.1) is 0 Å². The first-order valence-electron chi connectivity index (χ1n) is 6.17. The lowest BCUT2D eigenvalue weighted by atomic mass is 10.1. The Kier molecular flexibility index (Phi) is 4.39. The highest BCUT2D eigenvalue weighted by molar-refractivity contribution is 6.33. The average Bonchev–Trinajstić information content (AvgIpc) is 2.35. The van der Waals surface area contributed by atoms with Crippen molar-refractivity contribution in [3.63, 3.8) is 0 Å². The Balaban J connectivity index is 2.16. The summed E-state index contributed by atoms with van der Waals surface area (Å²) in [7, 11) is 0. The number of hydrogen-bond acceptors (Lipinski definition) is 4. The summed E-state index contributed by atoms with van der Waals surface area (Å²) >= 11 is 6.22. The molecule has 1 aliphatic heterocycles. The first-order chi connectivity index (χ1) is 9.10. The van der Waals surface area contributed by atoms with E-state index in [2.05, 4.69) is 10.6 Å². The summed E-state index contributed by atoms with van der Waals surface area (Å²) in [6.45, 7) is 3.97. The van der Waals surface area contributed by atoms with E-state index in [1.54, 1.807) is 4.90 Å². The molecule has 1 aliphatic rings. The molecule has 2 amide bonds. The minimum absolute atomic E-state index is 0.151. The number of anilines is 1. The van der Waals surface area contributed by atoms with Crippen LogP contribution >= 0.6 is 11.6 Å². The summed E-state index contributed by atoms with van der Waals surface area (Å²) in [6.07, 6.45) is 0. The SMILES string of the molecule is CCNCc1ccc(N2CC(=O)NC(=O)C2)c(Cl)c1. The highest BCUT2D eigenvalue weighted by Gasteiger charge is 2.23. The second-order valence-electron chi connectivity index (χ2n) is 4.39. The van der Waals surface area contributed by atoms with Crippen LogP contribution in [0.5, 0.6) is 0 Å². The Labute approximate surface area is 116 Å². The molecule has 0 saturated carbocycles. The van der Waals surface area contributed by atoms with Gasteiger partial charge in [-0.1, -0.05) is 24.6 Å². The normalized spacial score (nSPS) is 15.6. The molecule has 102 valence electrons. The second-order valence-corrected chi connectivity index (χ2v) is 4.80. The van der Waals surface area contributed by atoms with E-state index in [1.165, 1.54) is 0 Å². The van der Waals surface area contributed by atoms with Gasteiger partial charge in [0.2, 0.25) is 11.8 Å². The van der Waals surface area contributed by atoms with Crippen LogP contribution in [0.4, 0.5) is 5.69 Å². The van der Waals surface area contributed by atoms with E-state index in [9.17, 15) is 9.59 Å². The van der Waals surface area contributed by atoms with Crippen LogP contribution in [0.15, 0.2) is 18.2 Å². The maximum absolute atomic E-state index is 11.4. The fourth-order valence-electron chi connectivity index (χ4n) is 1.99. The van der Waals surface area contributed by atoms with E-state index < -0.39 is 0 Å². The Hall–Kier alpha value is -1.59. The molecule has 6 heteroatoms. The molecule has 2 rings (SSSR count). The predicted molar refractivity (Wildman–Crippen MR) is 74.2 cm³/mol. The average molecular weight is 282 g/mol. The molecule has 0 atom stereocenters. The van der Waals surface area contributed by atoms with Crippen molar-refractivity contribution >= 4 is 29.1 Å². The van der Waals surface area contributed by atoms with E-state index in [1.807, 2.05) is 25.1 Å². The van der Waals surface area contributed by atoms with Gasteiger partial charge in [-0.15, -0.1) is 0 Å². The molecule has 0 radical (unpaired) electrons. The fraction of sp³-hybridized carbons (Fsp3) is 0.385. The van der Waals surface area contributed by atoms with Crippen molar-refractivity contribution in [1.29, 1.82) is 0 Å². The van der Waals surface area contributed by atoms with Crippen molar-refractivity contribution in [3.8, 4) is 0 Å². The highest BCUT2D eigenvalue weighted by atomic mass is 35.5. The van der Waals surface area contributed by atoms with Gasteiger partial charge in [0.05, 0.1) is 23.8 Å². The van der Waals surface area contributed by atoms with Crippen molar-refractivity contribution in [2.45, 2.75) is 13.5 Å². The molecule has 0 unspecified atom stereocenters. The third kappa shape index (κ3) is 3.45. The number of carbonyl (C=O) groups excluding carboxylic acids is 2. The molecule has 0 bridgehead atoms. The lowest BCUT2D eigenvalue weighted by Crippen LogP contribution is -2.51. The zero-order valence-corrected chi connectivity index (χ0v) is 11.5. The van der Waals surface area contributed by atoms with E-state index in [-0.39, 0.29) is 24.9 Å². The predicted octanol–water partition coefficient (Wildman–Crippen LogP) is 0.912. The first-order valence-corrected chi connectivity index (χ1v) is 6.54. The Morgan fingerprint density at radius 3 is 2.58 bits per heavy atom. The zero-order valence-electron chi connectivity index (χ0n) is 10.7. The number of nitrogens with zero attached hydrogens (tertiary/aromatic N) is 1. The molecule has 19 heavy (non-hydrogen) atoms. The highest BCUT2D eigenvalue weighted by Crippen LogP contribution is 2.27. The maximum atomic E-state index is 11.4. The number of rotatable bonds is 4. The van der Waals surface area contributed by atoms with E-state index in [0.29, 0.717) is 10.7 Å². The van der Waals surface area contributed by atoms with Crippen LogP contribution in [-0.4, -0.2) is 31.4 Å². The van der Waals surface area contributed by atoms with Crippen LogP contribution < -0.4 is 15.5 Å². The summed E-state index contributed by atoms with van der Waals surface area (Å²) in [6, 6.07) is 5.65. The number of piperazine rings is 1. The second kappa shape index (κ2) is 6.04. The van der Waals surface area contributed by atoms with Crippen LogP contribution in [0.2, 0.25) is 5.02 Å². The molecule has 2 N–H and O–H groups in total. The lowest BCUT2D eigenvalue weighted by molar-refractivity contribution is -0.130. The van der Waals surface area contributed by atoms with Gasteiger partial charge in [-0.05, 0) is 24.2 Å². The van der Waals surface area contributed by atoms with E-state index in [4.69, 9.17) is 11.6 Å². The van der Waals surface area contributed by atoms with Gasteiger partial charge >= 0.3 is 0 Å². The van der Waals surface area contributed by atoms with Crippen LogP contribution in [-0.2, 0) is 16.1 Å². The Morgan fingerprint density at radius 1 is 1.32 bits per heavy atom. The van der Waals surface area contributed by atoms with Crippen molar-refractivity contribution < 1.29 is 9.59 Å². The topological polar surface area (TPSA) is 61.4 Å². The third-order valence-electron chi connectivity index (χ3n) is 2.88. The maximum Gasteiger partial charge on any atom is 0.246 e. The minimum atomic E-state index is -0.302. The Bertz CT molecular complexity index is 489. The van der Waals surface area contributed by atoms with Gasteiger partial charge in [0.25, 0.3) is 0 Å². The summed E-state index contributed by atoms with van der Waals surface area (Å²) in [5, 5.41) is 6.03. The van der Waals surface area contributed by atoms with Crippen molar-refractivity contribution in [1.82, 2.24) is 10.6 Å². The number of hydrogen-bond donors (Lipinski definition) is 2. The number of imide groups is 1. The molecule has 0 spiro atoms. The molecule has 0 aromatic heterocycles. The van der Waals surface area contributed by atoms with Crippen LogP contribution in [0.25, 0.3) is 0 Å². The van der Waals surface area contributed by atoms with E-state index >= 15 is 0 Å². The van der Waals surface area contributed by atoms with Crippen LogP contribution in [0.1, 0.15) is 12.5 Å². The molecular weight excluding hydrogens is 266 g/mol. The largest absolute Gasteiger partial charge is 0.352 e. The number of nitrogens with one attached hydrogen (secondary N) is 2. The van der Waals surface area contributed by atoms with Gasteiger partial charge < -0.3 is 10.2 Å². The summed E-state index contributed by atoms with van der Waals surface area (Å²) in [5.41, 5.74) is 1.79. The molecule has 1 aromatic carbocycles. The quantitative estimate of drug-likeness (QED) is 0.806. The molecule has 1 saturated heterocycles. The fourth-order valence-corrected chi connectivity index (χ4v) is 2.32. The summed E-state index contributed by atoms with van der Waals surface area (Å²) in [5.74, 6) is -0.604. The number of benzene rings is 1. The zero-order chi connectivity index (χ0) is 13.8. The molecule has 5 nitrogen and oxygen atoms in total. The van der Waals surface area contributed by atoms with Gasteiger partial charge in [0, 0.05) is 6.54 Å². The van der Waals surface area contributed by atoms with Crippen molar-refractivity contribution in [3.05, 3.63) is 28.8 Å². The van der Waals surface area contributed by atoms with Gasteiger partial charge in [-0.2, -0.15) is 0 Å². The standard InChI is InChI=1S/C13H16ClN3O2/c1-2-15-6-9-3-4-11(10(14)5-9)17-7-12(18)16-13(19)8-17/h3-5,15H,2,6-8H2,1H3,(H,16,18,19). The molecular formula is C13H16ClN3O2. The van der Waals surface area contributed by atoms with Crippen LogP contribution in [0.3, 0.4) is 0 Å². The lowest BCUT2D eigenvalue weighted by Gasteiger charge is -2.28. The third-order valence-corrected chi connectivity index (χ3v) is 3.18. The van der Waals surface area contributed by atoms with E-state index in [0.717, 1.165) is 18.7 Å². The summed E-state index contributed by atoms with van der Waals surface area (Å²) in [4.78, 5) is 24.4. The number of halogens is 1. The van der Waals surface area contributed by atoms with Gasteiger partial charge in [-0.25, -0.2) is 0 Å². The first kappa shape index (κ1) is 13.8. The molecule has 1 aromatic rings. The van der Waals surface area contributed by atoms with Gasteiger partial charge in [0.1, 0.15) is 0 Å². The van der Waals surface area contributed by atoms with Gasteiger partial charge in [-0.3, -0.25) is 14.9 Å². The molecule has 1 fully saturated rings. The summed E-state index contributed by atoms with van der Waals surface area (Å²) < 4.78 is 0. The minimum Gasteiger partial charge on any atom is -0.352 e. The molecule has 1 heterocycles. The number of amides is 2. The number of carbonyl (C=O) groups is 2. The molecule has 0 aliphatic carbocycles.